The molecule has 258 valence electrons. The molecule has 0 N–H and O–H groups in total. The largest absolute Gasteiger partial charge is 0.457 e. The van der Waals surface area contributed by atoms with Crippen LogP contribution in [0, 0.1) is 0 Å². The first-order valence-corrected chi connectivity index (χ1v) is 19.1. The Morgan fingerprint density at radius 3 is 1.40 bits per heavy atom. The number of rotatable bonds is 5. The second-order valence-corrected chi connectivity index (χ2v) is 14.8. The van der Waals surface area contributed by atoms with Crippen molar-refractivity contribution in [2.24, 2.45) is 0 Å². The Hall–Kier alpha value is -6.96. The molecule has 1 atom stereocenters. The molecule has 0 amide bonds. The van der Waals surface area contributed by atoms with Gasteiger partial charge in [0.2, 0.25) is 0 Å². The zero-order valence-electron chi connectivity index (χ0n) is 30.2. The Morgan fingerprint density at radius 1 is 0.273 bits per heavy atom. The summed E-state index contributed by atoms with van der Waals surface area (Å²) in [6.07, 6.45) is 0. The third-order valence-electron chi connectivity index (χ3n) is 12.1. The Kier molecular flexibility index (Phi) is 7.06. The molecule has 55 heavy (non-hydrogen) atoms. The van der Waals surface area contributed by atoms with Crippen LogP contribution in [0.5, 0.6) is 11.5 Å². The van der Waals surface area contributed by atoms with Gasteiger partial charge in [0.25, 0.3) is 0 Å². The van der Waals surface area contributed by atoms with Crippen molar-refractivity contribution in [2.75, 3.05) is 0 Å². The number of para-hydroxylation sites is 1. The van der Waals surface area contributed by atoms with Crippen LogP contribution in [0.4, 0.5) is 0 Å². The van der Waals surface area contributed by atoms with E-state index in [1.807, 2.05) is 0 Å². The SMILES string of the molecule is c1ccc(C2(c3ccccc3)c3ccccc3Oc3cc(-c4ccc(C5(c6ccccc6)c6ccccc6-c6cc7ccccc7cc65)cc4)ccc32)cc1. The smallest absolute Gasteiger partial charge is 0.132 e. The fraction of sp³-hybridized carbons (Fsp3) is 0.0370. The summed E-state index contributed by atoms with van der Waals surface area (Å²) in [6, 6.07) is 79.8. The summed E-state index contributed by atoms with van der Waals surface area (Å²) < 4.78 is 6.83. The highest BCUT2D eigenvalue weighted by atomic mass is 16.5. The van der Waals surface area contributed by atoms with Gasteiger partial charge in [-0.15, -0.1) is 0 Å². The standard InChI is InChI=1S/C54H36O/c1-4-18-41(19-5-1)53(47-25-13-12-24-45(47)46-34-38-16-10-11-17-39(38)35-50(46)53)44-31-28-37(29-32-44)40-30-33-49-52(36-40)55-51-27-15-14-26-48(51)54(49,42-20-6-2-7-21-42)43-22-8-3-9-23-43/h1-36H. The van der Waals surface area contributed by atoms with Crippen LogP contribution in [-0.4, -0.2) is 0 Å². The molecule has 1 heteroatoms. The molecule has 1 unspecified atom stereocenters. The van der Waals surface area contributed by atoms with Crippen molar-refractivity contribution < 1.29 is 4.74 Å². The fourth-order valence-electron chi connectivity index (χ4n) is 9.74. The molecule has 0 aromatic heterocycles. The summed E-state index contributed by atoms with van der Waals surface area (Å²) in [7, 11) is 0. The van der Waals surface area contributed by atoms with Crippen molar-refractivity contribution in [3.63, 3.8) is 0 Å². The predicted molar refractivity (Wildman–Crippen MR) is 225 cm³/mol. The molecule has 1 aliphatic carbocycles. The molecule has 0 saturated carbocycles. The first kappa shape index (κ1) is 31.6. The lowest BCUT2D eigenvalue weighted by atomic mass is 9.63. The van der Waals surface area contributed by atoms with Gasteiger partial charge in [-0.1, -0.05) is 194 Å². The van der Waals surface area contributed by atoms with Crippen LogP contribution < -0.4 is 4.74 Å². The van der Waals surface area contributed by atoms with E-state index < -0.39 is 10.8 Å². The van der Waals surface area contributed by atoms with Crippen molar-refractivity contribution >= 4 is 10.8 Å². The van der Waals surface area contributed by atoms with E-state index in [4.69, 9.17) is 4.74 Å². The van der Waals surface area contributed by atoms with Crippen LogP contribution in [0.1, 0.15) is 44.5 Å². The topological polar surface area (TPSA) is 9.23 Å². The van der Waals surface area contributed by atoms with Gasteiger partial charge in [-0.3, -0.25) is 0 Å². The molecule has 11 rings (SSSR count). The predicted octanol–water partition coefficient (Wildman–Crippen LogP) is 13.4. The lowest BCUT2D eigenvalue weighted by Gasteiger charge is -2.41. The van der Waals surface area contributed by atoms with Crippen LogP contribution >= 0.6 is 0 Å². The molecule has 1 heterocycles. The van der Waals surface area contributed by atoms with E-state index in [0.717, 1.165) is 33.8 Å². The van der Waals surface area contributed by atoms with Gasteiger partial charge in [0.1, 0.15) is 11.5 Å². The molecule has 0 spiro atoms. The van der Waals surface area contributed by atoms with E-state index in [1.165, 1.54) is 55.3 Å². The third kappa shape index (κ3) is 4.54. The fourth-order valence-corrected chi connectivity index (χ4v) is 9.74. The third-order valence-corrected chi connectivity index (χ3v) is 12.1. The molecular weight excluding hydrogens is 665 g/mol. The van der Waals surface area contributed by atoms with Crippen LogP contribution in [0.2, 0.25) is 0 Å². The first-order chi connectivity index (χ1) is 27.3. The lowest BCUT2D eigenvalue weighted by molar-refractivity contribution is 0.435. The molecular formula is C54H36O. The molecule has 9 aromatic rings. The summed E-state index contributed by atoms with van der Waals surface area (Å²) in [4.78, 5) is 0. The van der Waals surface area contributed by atoms with Crippen LogP contribution in [0.15, 0.2) is 218 Å². The maximum atomic E-state index is 6.83. The summed E-state index contributed by atoms with van der Waals surface area (Å²) in [6.45, 7) is 0. The molecule has 1 nitrogen and oxygen atoms in total. The maximum Gasteiger partial charge on any atom is 0.132 e. The van der Waals surface area contributed by atoms with E-state index in [9.17, 15) is 0 Å². The van der Waals surface area contributed by atoms with E-state index in [-0.39, 0.29) is 0 Å². The van der Waals surface area contributed by atoms with Crippen LogP contribution in [-0.2, 0) is 10.8 Å². The van der Waals surface area contributed by atoms with E-state index in [0.29, 0.717) is 0 Å². The Morgan fingerprint density at radius 2 is 0.745 bits per heavy atom. The minimum atomic E-state index is -0.537. The van der Waals surface area contributed by atoms with Crippen molar-refractivity contribution in [3.8, 4) is 33.8 Å². The minimum Gasteiger partial charge on any atom is -0.457 e. The Bertz CT molecular complexity index is 2840. The summed E-state index contributed by atoms with van der Waals surface area (Å²) >= 11 is 0. The molecule has 2 aliphatic rings. The summed E-state index contributed by atoms with van der Waals surface area (Å²) in [5.41, 5.74) is 13.7. The molecule has 9 aromatic carbocycles. The normalized spacial score (nSPS) is 16.0. The number of hydrogen-bond donors (Lipinski definition) is 0. The number of ether oxygens (including phenoxy) is 1. The summed E-state index contributed by atoms with van der Waals surface area (Å²) in [5, 5.41) is 2.51. The van der Waals surface area contributed by atoms with Crippen molar-refractivity contribution in [3.05, 3.63) is 263 Å². The van der Waals surface area contributed by atoms with Crippen molar-refractivity contribution in [1.82, 2.24) is 0 Å². The van der Waals surface area contributed by atoms with Gasteiger partial charge in [-0.05, 0) is 90.7 Å². The van der Waals surface area contributed by atoms with Crippen molar-refractivity contribution in [1.29, 1.82) is 0 Å². The Labute approximate surface area is 321 Å². The lowest BCUT2D eigenvalue weighted by Crippen LogP contribution is -2.34. The van der Waals surface area contributed by atoms with Crippen LogP contribution in [0.3, 0.4) is 0 Å². The van der Waals surface area contributed by atoms with Gasteiger partial charge >= 0.3 is 0 Å². The number of benzene rings is 9. The van der Waals surface area contributed by atoms with Crippen LogP contribution in [0.25, 0.3) is 33.0 Å². The van der Waals surface area contributed by atoms with Gasteiger partial charge in [-0.25, -0.2) is 0 Å². The highest BCUT2D eigenvalue weighted by molar-refractivity contribution is 5.96. The number of hydrogen-bond acceptors (Lipinski definition) is 1. The highest BCUT2D eigenvalue weighted by Crippen LogP contribution is 2.58. The zero-order chi connectivity index (χ0) is 36.4. The van der Waals surface area contributed by atoms with Gasteiger partial charge in [0, 0.05) is 11.1 Å². The highest BCUT2D eigenvalue weighted by Gasteiger charge is 2.47. The number of fused-ring (bicyclic) bond motifs is 6. The first-order valence-electron chi connectivity index (χ1n) is 19.1. The monoisotopic (exact) mass is 700 g/mol. The quantitative estimate of drug-likeness (QED) is 0.174. The molecule has 0 radical (unpaired) electrons. The molecule has 1 aliphatic heterocycles. The molecule has 0 saturated heterocycles. The van der Waals surface area contributed by atoms with Gasteiger partial charge in [-0.2, -0.15) is 0 Å². The van der Waals surface area contributed by atoms with Gasteiger partial charge < -0.3 is 4.74 Å². The van der Waals surface area contributed by atoms with E-state index in [1.54, 1.807) is 0 Å². The van der Waals surface area contributed by atoms with E-state index in [2.05, 4.69) is 218 Å². The molecule has 0 fully saturated rings. The van der Waals surface area contributed by atoms with E-state index >= 15 is 0 Å². The second-order valence-electron chi connectivity index (χ2n) is 14.8. The minimum absolute atomic E-state index is 0.469. The summed E-state index contributed by atoms with van der Waals surface area (Å²) in [5.74, 6) is 1.75. The average Bonchev–Trinajstić information content (AvgIpc) is 3.55. The van der Waals surface area contributed by atoms with Gasteiger partial charge in [0.05, 0.1) is 10.8 Å². The van der Waals surface area contributed by atoms with Crippen molar-refractivity contribution in [2.45, 2.75) is 10.8 Å². The molecule has 0 bridgehead atoms. The zero-order valence-corrected chi connectivity index (χ0v) is 30.2. The second kappa shape index (κ2) is 12.3. The van der Waals surface area contributed by atoms with Gasteiger partial charge in [0.15, 0.2) is 0 Å². The average molecular weight is 701 g/mol. The maximum absolute atomic E-state index is 6.83. The Balaban J connectivity index is 1.09.